The molecule has 1 heterocycles. The number of anilines is 1. The van der Waals surface area contributed by atoms with E-state index >= 15 is 0 Å². The molecule has 0 unspecified atom stereocenters. The van der Waals surface area contributed by atoms with Gasteiger partial charge >= 0.3 is 0 Å². The second kappa shape index (κ2) is 5.90. The van der Waals surface area contributed by atoms with Gasteiger partial charge in [0.1, 0.15) is 0 Å². The van der Waals surface area contributed by atoms with Crippen molar-refractivity contribution in [2.24, 2.45) is 0 Å². The second-order valence-electron chi connectivity index (χ2n) is 5.97. The van der Waals surface area contributed by atoms with Crippen molar-refractivity contribution in [2.45, 2.75) is 52.4 Å². The van der Waals surface area contributed by atoms with E-state index in [1.54, 1.807) is 0 Å². The van der Waals surface area contributed by atoms with Gasteiger partial charge in [0.05, 0.1) is 11.4 Å². The molecule has 1 aliphatic carbocycles. The van der Waals surface area contributed by atoms with Crippen LogP contribution in [-0.4, -0.2) is 20.7 Å². The largest absolute Gasteiger partial charge is 0.399 e. The van der Waals surface area contributed by atoms with Crippen molar-refractivity contribution in [1.29, 1.82) is 0 Å². The minimum absolute atomic E-state index is 0.715. The minimum Gasteiger partial charge on any atom is -0.399 e. The van der Waals surface area contributed by atoms with Gasteiger partial charge in [0.2, 0.25) is 0 Å². The SMILES string of the molecule is CCn1nc(C)cc1CN(Cc1cccc(N)c1)C1CC1. The molecule has 0 bridgehead atoms. The number of rotatable bonds is 6. The Morgan fingerprint density at radius 3 is 2.76 bits per heavy atom. The molecule has 1 aromatic carbocycles. The van der Waals surface area contributed by atoms with Crippen molar-refractivity contribution in [1.82, 2.24) is 14.7 Å². The van der Waals surface area contributed by atoms with Crippen molar-refractivity contribution in [3.63, 3.8) is 0 Å². The molecule has 0 amide bonds. The van der Waals surface area contributed by atoms with Crippen LogP contribution in [0.15, 0.2) is 30.3 Å². The maximum Gasteiger partial charge on any atom is 0.0597 e. The van der Waals surface area contributed by atoms with E-state index in [-0.39, 0.29) is 0 Å². The van der Waals surface area contributed by atoms with Crippen LogP contribution in [0.5, 0.6) is 0 Å². The van der Waals surface area contributed by atoms with Crippen molar-refractivity contribution in [2.75, 3.05) is 5.73 Å². The average molecular weight is 284 g/mol. The average Bonchev–Trinajstić information content (AvgIpc) is 3.23. The lowest BCUT2D eigenvalue weighted by Crippen LogP contribution is -2.26. The van der Waals surface area contributed by atoms with Crippen molar-refractivity contribution < 1.29 is 0 Å². The summed E-state index contributed by atoms with van der Waals surface area (Å²) in [6.07, 6.45) is 2.61. The van der Waals surface area contributed by atoms with Crippen LogP contribution in [-0.2, 0) is 19.6 Å². The minimum atomic E-state index is 0.715. The topological polar surface area (TPSA) is 47.1 Å². The number of nitrogen functional groups attached to an aromatic ring is 1. The molecule has 21 heavy (non-hydrogen) atoms. The van der Waals surface area contributed by atoms with Crippen LogP contribution in [0.4, 0.5) is 5.69 Å². The molecule has 1 fully saturated rings. The van der Waals surface area contributed by atoms with E-state index in [1.165, 1.54) is 24.1 Å². The van der Waals surface area contributed by atoms with Crippen molar-refractivity contribution >= 4 is 5.69 Å². The van der Waals surface area contributed by atoms with Gasteiger partial charge in [-0.3, -0.25) is 9.58 Å². The highest BCUT2D eigenvalue weighted by Crippen LogP contribution is 2.30. The fraction of sp³-hybridized carbons (Fsp3) is 0.471. The summed E-state index contributed by atoms with van der Waals surface area (Å²) >= 11 is 0. The highest BCUT2D eigenvalue weighted by molar-refractivity contribution is 5.40. The first-order chi connectivity index (χ1) is 10.2. The van der Waals surface area contributed by atoms with Gasteiger partial charge in [-0.25, -0.2) is 0 Å². The van der Waals surface area contributed by atoms with Crippen LogP contribution >= 0.6 is 0 Å². The van der Waals surface area contributed by atoms with Crippen LogP contribution in [0.3, 0.4) is 0 Å². The van der Waals surface area contributed by atoms with Gasteiger partial charge in [0, 0.05) is 31.4 Å². The molecule has 0 atom stereocenters. The van der Waals surface area contributed by atoms with Crippen molar-refractivity contribution in [3.05, 3.63) is 47.3 Å². The summed E-state index contributed by atoms with van der Waals surface area (Å²) in [6, 6.07) is 11.1. The molecule has 0 spiro atoms. The Balaban J connectivity index is 1.75. The first-order valence-electron chi connectivity index (χ1n) is 7.77. The Bertz CT molecular complexity index is 613. The third-order valence-corrected chi connectivity index (χ3v) is 4.05. The van der Waals surface area contributed by atoms with Gasteiger partial charge in [-0.05, 0) is 50.5 Å². The normalized spacial score (nSPS) is 14.8. The number of hydrogen-bond acceptors (Lipinski definition) is 3. The highest BCUT2D eigenvalue weighted by atomic mass is 15.3. The molecule has 1 aromatic heterocycles. The number of aryl methyl sites for hydroxylation is 2. The standard InChI is InChI=1S/C17H24N4/c1-3-21-17(9-13(2)19-21)12-20(16-7-8-16)11-14-5-4-6-15(18)10-14/h4-6,9-10,16H,3,7-8,11-12,18H2,1-2H3. The van der Waals surface area contributed by atoms with Crippen molar-refractivity contribution in [3.8, 4) is 0 Å². The van der Waals surface area contributed by atoms with E-state index in [2.05, 4.69) is 46.7 Å². The third-order valence-electron chi connectivity index (χ3n) is 4.05. The Morgan fingerprint density at radius 1 is 1.29 bits per heavy atom. The van der Waals surface area contributed by atoms with E-state index in [0.29, 0.717) is 6.04 Å². The summed E-state index contributed by atoms with van der Waals surface area (Å²) in [5.74, 6) is 0. The Kier molecular flexibility index (Phi) is 3.97. The van der Waals surface area contributed by atoms with Gasteiger partial charge in [-0.2, -0.15) is 5.10 Å². The Morgan fingerprint density at radius 2 is 2.10 bits per heavy atom. The van der Waals surface area contributed by atoms with Crippen LogP contribution in [0.25, 0.3) is 0 Å². The number of nitrogens with two attached hydrogens (primary N) is 1. The molecule has 4 heteroatoms. The number of nitrogens with zero attached hydrogens (tertiary/aromatic N) is 3. The zero-order valence-electron chi connectivity index (χ0n) is 12.9. The monoisotopic (exact) mass is 284 g/mol. The fourth-order valence-electron chi connectivity index (χ4n) is 2.89. The summed E-state index contributed by atoms with van der Waals surface area (Å²) in [4.78, 5) is 2.55. The van der Waals surface area contributed by atoms with Crippen LogP contribution in [0.1, 0.15) is 36.7 Å². The Hall–Kier alpha value is -1.81. The predicted molar refractivity (Wildman–Crippen MR) is 85.8 cm³/mol. The zero-order chi connectivity index (χ0) is 14.8. The van der Waals surface area contributed by atoms with E-state index in [1.807, 2.05) is 12.1 Å². The van der Waals surface area contributed by atoms with E-state index in [9.17, 15) is 0 Å². The van der Waals surface area contributed by atoms with Gasteiger partial charge in [0.25, 0.3) is 0 Å². The maximum atomic E-state index is 5.89. The van der Waals surface area contributed by atoms with Gasteiger partial charge in [-0.1, -0.05) is 12.1 Å². The molecule has 2 aromatic rings. The van der Waals surface area contributed by atoms with Gasteiger partial charge < -0.3 is 5.73 Å². The van der Waals surface area contributed by atoms with Gasteiger partial charge in [0.15, 0.2) is 0 Å². The lowest BCUT2D eigenvalue weighted by Gasteiger charge is -2.22. The lowest BCUT2D eigenvalue weighted by atomic mass is 10.2. The molecule has 0 aliphatic heterocycles. The molecular formula is C17H24N4. The first kappa shape index (κ1) is 14.1. The fourth-order valence-corrected chi connectivity index (χ4v) is 2.89. The number of aromatic nitrogens is 2. The smallest absolute Gasteiger partial charge is 0.0597 e. The number of hydrogen-bond donors (Lipinski definition) is 1. The van der Waals surface area contributed by atoms with E-state index < -0.39 is 0 Å². The molecule has 4 nitrogen and oxygen atoms in total. The van der Waals surface area contributed by atoms with Crippen LogP contribution in [0.2, 0.25) is 0 Å². The van der Waals surface area contributed by atoms with E-state index in [0.717, 1.165) is 31.0 Å². The lowest BCUT2D eigenvalue weighted by molar-refractivity contribution is 0.238. The second-order valence-corrected chi connectivity index (χ2v) is 5.97. The summed E-state index contributed by atoms with van der Waals surface area (Å²) < 4.78 is 2.12. The summed E-state index contributed by atoms with van der Waals surface area (Å²) in [7, 11) is 0. The summed E-state index contributed by atoms with van der Waals surface area (Å²) in [5, 5.41) is 4.55. The molecule has 2 N–H and O–H groups in total. The first-order valence-corrected chi connectivity index (χ1v) is 7.77. The van der Waals surface area contributed by atoms with Gasteiger partial charge in [-0.15, -0.1) is 0 Å². The molecule has 0 radical (unpaired) electrons. The maximum absolute atomic E-state index is 5.89. The highest BCUT2D eigenvalue weighted by Gasteiger charge is 2.29. The Labute approximate surface area is 126 Å². The molecular weight excluding hydrogens is 260 g/mol. The molecule has 1 saturated carbocycles. The third kappa shape index (κ3) is 3.45. The predicted octanol–water partition coefficient (Wildman–Crippen LogP) is 2.96. The van der Waals surface area contributed by atoms with E-state index in [4.69, 9.17) is 5.73 Å². The zero-order valence-corrected chi connectivity index (χ0v) is 12.9. The van der Waals surface area contributed by atoms with Crippen LogP contribution < -0.4 is 5.73 Å². The number of benzene rings is 1. The summed E-state index contributed by atoms with van der Waals surface area (Å²) in [5.41, 5.74) is 10.4. The summed E-state index contributed by atoms with van der Waals surface area (Å²) in [6.45, 7) is 7.07. The van der Waals surface area contributed by atoms with Crippen LogP contribution in [0, 0.1) is 6.92 Å². The molecule has 0 saturated heterocycles. The molecule has 1 aliphatic rings. The molecule has 112 valence electrons. The molecule has 3 rings (SSSR count). The quantitative estimate of drug-likeness (QED) is 0.830.